The van der Waals surface area contributed by atoms with Crippen LogP contribution in [0.1, 0.15) is 20.8 Å². The minimum Gasteiger partial charge on any atom is -0.394 e. The molecule has 1 fully saturated rings. The van der Waals surface area contributed by atoms with Crippen molar-refractivity contribution in [3.05, 3.63) is 0 Å². The summed E-state index contributed by atoms with van der Waals surface area (Å²) in [6, 6.07) is 0. The predicted octanol–water partition coefficient (Wildman–Crippen LogP) is -0.514. The highest BCUT2D eigenvalue weighted by Crippen LogP contribution is 2.26. The molecule has 0 spiro atoms. The van der Waals surface area contributed by atoms with E-state index in [-0.39, 0.29) is 18.6 Å². The van der Waals surface area contributed by atoms with Gasteiger partial charge in [-0.05, 0) is 13.8 Å². The number of aliphatic hydroxyl groups is 3. The summed E-state index contributed by atoms with van der Waals surface area (Å²) in [6.07, 6.45) is -3.28. The summed E-state index contributed by atoms with van der Waals surface area (Å²) >= 11 is 0. The predicted molar refractivity (Wildman–Crippen MR) is 53.1 cm³/mol. The van der Waals surface area contributed by atoms with Crippen molar-refractivity contribution in [3.8, 4) is 0 Å². The molecule has 0 aromatic rings. The highest BCUT2D eigenvalue weighted by atomic mass is 16.7. The van der Waals surface area contributed by atoms with Gasteiger partial charge in [0, 0.05) is 5.92 Å². The number of rotatable bonds is 3. The zero-order valence-corrected chi connectivity index (χ0v) is 9.33. The zero-order valence-electron chi connectivity index (χ0n) is 9.33. The van der Waals surface area contributed by atoms with Crippen molar-refractivity contribution in [1.29, 1.82) is 0 Å². The van der Waals surface area contributed by atoms with Crippen molar-refractivity contribution < 1.29 is 24.8 Å². The molecule has 0 radical (unpaired) electrons. The molecule has 0 bridgehead atoms. The van der Waals surface area contributed by atoms with Crippen LogP contribution in [0.3, 0.4) is 0 Å². The third-order valence-electron chi connectivity index (χ3n) is 2.63. The highest BCUT2D eigenvalue weighted by molar-refractivity contribution is 4.86. The second-order valence-electron chi connectivity index (χ2n) is 4.25. The molecule has 0 aliphatic carbocycles. The molecule has 1 aliphatic heterocycles. The van der Waals surface area contributed by atoms with E-state index >= 15 is 0 Å². The Hall–Kier alpha value is -0.200. The number of aliphatic hydroxyl groups excluding tert-OH is 3. The monoisotopic (exact) mass is 220 g/mol. The van der Waals surface area contributed by atoms with Crippen molar-refractivity contribution in [1.82, 2.24) is 0 Å². The average Bonchev–Trinajstić information content (AvgIpc) is 2.18. The second kappa shape index (κ2) is 5.23. The third kappa shape index (κ3) is 2.89. The Kier molecular flexibility index (Phi) is 4.48. The summed E-state index contributed by atoms with van der Waals surface area (Å²) in [4.78, 5) is 0. The lowest BCUT2D eigenvalue weighted by molar-refractivity contribution is -0.296. The maximum atomic E-state index is 9.78. The summed E-state index contributed by atoms with van der Waals surface area (Å²) in [5.74, 6) is -0.375. The molecule has 0 saturated carbocycles. The fraction of sp³-hybridized carbons (Fsp3) is 1.00. The Morgan fingerprint density at radius 1 is 1.27 bits per heavy atom. The fourth-order valence-corrected chi connectivity index (χ4v) is 1.65. The summed E-state index contributed by atoms with van der Waals surface area (Å²) in [5, 5.41) is 28.4. The molecule has 1 heterocycles. The number of hydrogen-bond acceptors (Lipinski definition) is 5. The first-order chi connectivity index (χ1) is 6.97. The van der Waals surface area contributed by atoms with Crippen LogP contribution in [0, 0.1) is 5.92 Å². The van der Waals surface area contributed by atoms with Crippen LogP contribution >= 0.6 is 0 Å². The summed E-state index contributed by atoms with van der Waals surface area (Å²) in [7, 11) is 0. The Bertz CT molecular complexity index is 194. The number of hydrogen-bond donors (Lipinski definition) is 3. The molecule has 0 aromatic heterocycles. The molecule has 0 unspecified atom stereocenters. The van der Waals surface area contributed by atoms with Gasteiger partial charge in [-0.25, -0.2) is 0 Å². The maximum Gasteiger partial charge on any atom is 0.184 e. The first-order valence-corrected chi connectivity index (χ1v) is 5.25. The van der Waals surface area contributed by atoms with Gasteiger partial charge in [-0.3, -0.25) is 0 Å². The van der Waals surface area contributed by atoms with Crippen LogP contribution in [0.5, 0.6) is 0 Å². The molecule has 1 saturated heterocycles. The van der Waals surface area contributed by atoms with E-state index in [2.05, 4.69) is 0 Å². The van der Waals surface area contributed by atoms with Crippen molar-refractivity contribution >= 4 is 0 Å². The highest BCUT2D eigenvalue weighted by Gasteiger charge is 2.42. The second-order valence-corrected chi connectivity index (χ2v) is 4.25. The Labute approximate surface area is 89.6 Å². The Balaban J connectivity index is 2.65. The van der Waals surface area contributed by atoms with Crippen molar-refractivity contribution in [3.63, 3.8) is 0 Å². The van der Waals surface area contributed by atoms with Gasteiger partial charge in [0.15, 0.2) is 6.29 Å². The SMILES string of the molecule is CC(C)O[C@@H]1O[C@H](CO)[C@@H](O)[C@H](C)[C@H]1O. The molecule has 15 heavy (non-hydrogen) atoms. The van der Waals surface area contributed by atoms with E-state index in [0.29, 0.717) is 0 Å². The lowest BCUT2D eigenvalue weighted by Gasteiger charge is -2.41. The van der Waals surface area contributed by atoms with Gasteiger partial charge in [0.25, 0.3) is 0 Å². The summed E-state index contributed by atoms with van der Waals surface area (Å²) < 4.78 is 10.6. The van der Waals surface area contributed by atoms with E-state index in [9.17, 15) is 10.2 Å². The van der Waals surface area contributed by atoms with E-state index < -0.39 is 24.6 Å². The largest absolute Gasteiger partial charge is 0.394 e. The molecule has 5 heteroatoms. The van der Waals surface area contributed by atoms with Gasteiger partial charge in [0.2, 0.25) is 0 Å². The van der Waals surface area contributed by atoms with Gasteiger partial charge >= 0.3 is 0 Å². The molecular weight excluding hydrogens is 200 g/mol. The van der Waals surface area contributed by atoms with Crippen LogP contribution in [-0.4, -0.2) is 52.6 Å². The topological polar surface area (TPSA) is 79.2 Å². The average molecular weight is 220 g/mol. The molecule has 1 aliphatic rings. The quantitative estimate of drug-likeness (QED) is 0.597. The third-order valence-corrected chi connectivity index (χ3v) is 2.63. The smallest absolute Gasteiger partial charge is 0.184 e. The van der Waals surface area contributed by atoms with Gasteiger partial charge in [-0.2, -0.15) is 0 Å². The van der Waals surface area contributed by atoms with Crippen LogP contribution in [0.4, 0.5) is 0 Å². The molecule has 5 atom stereocenters. The fourth-order valence-electron chi connectivity index (χ4n) is 1.65. The molecule has 90 valence electrons. The van der Waals surface area contributed by atoms with Gasteiger partial charge in [0.05, 0.1) is 18.8 Å². The van der Waals surface area contributed by atoms with Crippen molar-refractivity contribution in [2.45, 2.75) is 51.5 Å². The molecule has 0 amide bonds. The van der Waals surface area contributed by atoms with Crippen molar-refractivity contribution in [2.24, 2.45) is 5.92 Å². The van der Waals surface area contributed by atoms with E-state index in [4.69, 9.17) is 14.6 Å². The number of ether oxygens (including phenoxy) is 2. The minimum atomic E-state index is -0.870. The van der Waals surface area contributed by atoms with E-state index in [1.165, 1.54) is 0 Å². The standard InChI is InChI=1S/C10H20O5/c1-5(2)14-10-9(13)6(3)8(12)7(4-11)15-10/h5-13H,4H2,1-3H3/t6-,7+,8-,9+,10+/m0/s1. The molecular formula is C10H20O5. The summed E-state index contributed by atoms with van der Waals surface area (Å²) in [6.45, 7) is 5.09. The molecule has 1 rings (SSSR count). The van der Waals surface area contributed by atoms with Crippen LogP contribution < -0.4 is 0 Å². The Morgan fingerprint density at radius 2 is 1.87 bits per heavy atom. The zero-order chi connectivity index (χ0) is 11.6. The minimum absolute atomic E-state index is 0.0774. The first-order valence-electron chi connectivity index (χ1n) is 5.25. The molecule has 5 nitrogen and oxygen atoms in total. The van der Waals surface area contributed by atoms with E-state index in [0.717, 1.165) is 0 Å². The van der Waals surface area contributed by atoms with Gasteiger partial charge in [0.1, 0.15) is 12.2 Å². The van der Waals surface area contributed by atoms with Gasteiger partial charge in [-0.15, -0.1) is 0 Å². The first kappa shape index (κ1) is 12.9. The van der Waals surface area contributed by atoms with E-state index in [1.807, 2.05) is 13.8 Å². The van der Waals surface area contributed by atoms with Crippen LogP contribution in [-0.2, 0) is 9.47 Å². The lowest BCUT2D eigenvalue weighted by atomic mass is 9.91. The summed E-state index contributed by atoms with van der Waals surface area (Å²) in [5.41, 5.74) is 0. The van der Waals surface area contributed by atoms with Crippen molar-refractivity contribution in [2.75, 3.05) is 6.61 Å². The van der Waals surface area contributed by atoms with Gasteiger partial charge < -0.3 is 24.8 Å². The lowest BCUT2D eigenvalue weighted by Crippen LogP contribution is -2.55. The maximum absolute atomic E-state index is 9.78. The van der Waals surface area contributed by atoms with Gasteiger partial charge in [-0.1, -0.05) is 6.92 Å². The molecule has 0 aromatic carbocycles. The Morgan fingerprint density at radius 3 is 2.33 bits per heavy atom. The molecule has 3 N–H and O–H groups in total. The van der Waals surface area contributed by atoms with Crippen LogP contribution in [0.15, 0.2) is 0 Å². The van der Waals surface area contributed by atoms with Crippen LogP contribution in [0.25, 0.3) is 0 Å². The normalized spacial score (nSPS) is 42.2. The van der Waals surface area contributed by atoms with E-state index in [1.54, 1.807) is 6.92 Å². The van der Waals surface area contributed by atoms with Crippen LogP contribution in [0.2, 0.25) is 0 Å².